The molecule has 4 heterocycles. The fourth-order valence-electron chi connectivity index (χ4n) is 8.50. The quantitative estimate of drug-likeness (QED) is 0.0632. The number of hydrogen-bond acceptors (Lipinski definition) is 12. The Morgan fingerprint density at radius 1 is 0.821 bits per heavy atom. The number of piperidine rings is 1. The lowest BCUT2D eigenvalue weighted by Gasteiger charge is -2.37. The van der Waals surface area contributed by atoms with E-state index >= 15 is 0 Å². The number of pyridine rings is 2. The van der Waals surface area contributed by atoms with Gasteiger partial charge in [0.05, 0.1) is 23.3 Å². The summed E-state index contributed by atoms with van der Waals surface area (Å²) < 4.78 is 11.6. The van der Waals surface area contributed by atoms with Gasteiger partial charge in [-0.1, -0.05) is 48.5 Å². The zero-order valence-corrected chi connectivity index (χ0v) is 36.6. The first-order valence-corrected chi connectivity index (χ1v) is 22.3. The molecule has 0 spiro atoms. The van der Waals surface area contributed by atoms with Crippen LogP contribution in [-0.4, -0.2) is 88.3 Å². The van der Waals surface area contributed by atoms with Gasteiger partial charge in [-0.15, -0.1) is 0 Å². The second kappa shape index (κ2) is 21.2. The standard InChI is InChI=1S/C50H49N9O8/c51-28-33-11-21-42(54-30-33)56-36-14-18-38(19-15-36)58(50(65)55-29-32-7-2-1-3-8-32)37-16-12-34(13-17-37)35-23-25-53-45(27-35)66-26-5-4-24-52-44(61)31-67-41-10-6-9-39-46(41)49(64)59(48(39)63)40-20-22-43(60)57-47(40)62/h1-3,6-13,16-17,21,23,25,27,30,36,38,40H,4-5,14-15,18-20,22,24,26,29,31H2,(H,52,61)(H,54,56)(H,55,65)(H,57,60,62)/t36-,38-,40?. The number of fused-ring (bicyclic) bond motifs is 1. The minimum atomic E-state index is -1.11. The highest BCUT2D eigenvalue weighted by Gasteiger charge is 2.46. The van der Waals surface area contributed by atoms with Crippen LogP contribution in [0.5, 0.6) is 11.6 Å². The topological polar surface area (TPSA) is 225 Å². The summed E-state index contributed by atoms with van der Waals surface area (Å²) in [7, 11) is 0. The van der Waals surface area contributed by atoms with E-state index in [1.54, 1.807) is 18.5 Å². The fraction of sp³-hybridized carbons (Fsp3) is 0.300. The number of aromatic nitrogens is 2. The van der Waals surface area contributed by atoms with Gasteiger partial charge in [0.25, 0.3) is 17.7 Å². The normalized spacial score (nSPS) is 17.7. The van der Waals surface area contributed by atoms with E-state index in [4.69, 9.17) is 14.7 Å². The van der Waals surface area contributed by atoms with Crippen LogP contribution in [0.1, 0.15) is 83.2 Å². The van der Waals surface area contributed by atoms with Gasteiger partial charge in [-0.2, -0.15) is 5.26 Å². The van der Waals surface area contributed by atoms with Crippen LogP contribution in [0.15, 0.2) is 109 Å². The van der Waals surface area contributed by atoms with Crippen LogP contribution in [0.2, 0.25) is 0 Å². The maximum Gasteiger partial charge on any atom is 0.322 e. The molecular weight excluding hydrogens is 855 g/mol. The van der Waals surface area contributed by atoms with Gasteiger partial charge < -0.3 is 25.4 Å². The number of hydrogen-bond donors (Lipinski definition) is 4. The number of nitrogens with zero attached hydrogens (tertiary/aromatic N) is 5. The zero-order chi connectivity index (χ0) is 46.7. The highest BCUT2D eigenvalue weighted by atomic mass is 16.5. The van der Waals surface area contributed by atoms with Crippen molar-refractivity contribution in [2.24, 2.45) is 0 Å². The van der Waals surface area contributed by atoms with Crippen LogP contribution in [0, 0.1) is 11.3 Å². The summed E-state index contributed by atoms with van der Waals surface area (Å²) in [5, 5.41) is 20.7. The molecule has 7 amide bonds. The number of amides is 7. The molecule has 4 N–H and O–H groups in total. The Balaban J connectivity index is 0.804. The molecule has 1 saturated heterocycles. The van der Waals surface area contributed by atoms with E-state index in [0.29, 0.717) is 44.0 Å². The fourth-order valence-corrected chi connectivity index (χ4v) is 8.50. The first-order valence-electron chi connectivity index (χ1n) is 22.3. The van der Waals surface area contributed by atoms with Crippen LogP contribution < -0.4 is 35.6 Å². The number of nitrogens with one attached hydrogen (secondary N) is 4. The lowest BCUT2D eigenvalue weighted by Crippen LogP contribution is -2.54. The number of carbonyl (C=O) groups excluding carboxylic acids is 6. The number of ether oxygens (including phenoxy) is 2. The monoisotopic (exact) mass is 903 g/mol. The number of benzene rings is 3. The number of rotatable bonds is 17. The molecule has 17 nitrogen and oxygen atoms in total. The van der Waals surface area contributed by atoms with Crippen molar-refractivity contribution in [2.45, 2.75) is 76.0 Å². The average Bonchev–Trinajstić information content (AvgIpc) is 3.61. The SMILES string of the molecule is N#Cc1ccc(N[C@H]2CC[C@H](N(C(=O)NCc3ccccc3)c3ccc(-c4ccnc(OCCCCNC(=O)COc5cccc6c5C(=O)N(C5CCC(=O)NC5=O)C6=O)c4)cc3)CC2)nc1. The molecular formula is C50H49N9O8. The smallest absolute Gasteiger partial charge is 0.322 e. The second-order valence-electron chi connectivity index (χ2n) is 16.5. The van der Waals surface area contributed by atoms with Crippen LogP contribution in [0.25, 0.3) is 11.1 Å². The number of anilines is 2. The minimum absolute atomic E-state index is 0.00380. The molecule has 67 heavy (non-hydrogen) atoms. The molecule has 5 aromatic rings. The van der Waals surface area contributed by atoms with Crippen molar-refractivity contribution in [2.75, 3.05) is 30.0 Å². The Labute approximate surface area is 386 Å². The van der Waals surface area contributed by atoms with Gasteiger partial charge in [0.15, 0.2) is 6.61 Å². The molecule has 1 saturated carbocycles. The van der Waals surface area contributed by atoms with Crippen LogP contribution in [-0.2, 0) is 20.9 Å². The van der Waals surface area contributed by atoms with Crippen molar-refractivity contribution in [1.29, 1.82) is 5.26 Å². The van der Waals surface area contributed by atoms with Gasteiger partial charge in [0.1, 0.15) is 23.7 Å². The second-order valence-corrected chi connectivity index (χ2v) is 16.5. The van der Waals surface area contributed by atoms with E-state index in [-0.39, 0.29) is 47.8 Å². The molecule has 3 aromatic carbocycles. The highest BCUT2D eigenvalue weighted by Crippen LogP contribution is 2.34. The summed E-state index contributed by atoms with van der Waals surface area (Å²) in [5.74, 6) is -1.76. The Bertz CT molecular complexity index is 2670. The first kappa shape index (κ1) is 45.4. The van der Waals surface area contributed by atoms with Crippen LogP contribution >= 0.6 is 0 Å². The minimum Gasteiger partial charge on any atom is -0.483 e. The van der Waals surface area contributed by atoms with Gasteiger partial charge in [-0.25, -0.2) is 14.8 Å². The van der Waals surface area contributed by atoms with Crippen molar-refractivity contribution in [3.05, 3.63) is 132 Å². The van der Waals surface area contributed by atoms with Crippen molar-refractivity contribution < 1.29 is 38.2 Å². The van der Waals surface area contributed by atoms with Crippen molar-refractivity contribution >= 4 is 47.1 Å². The summed E-state index contributed by atoms with van der Waals surface area (Å²) >= 11 is 0. The molecule has 0 bridgehead atoms. The largest absolute Gasteiger partial charge is 0.483 e. The number of imide groups is 2. The van der Waals surface area contributed by atoms with Crippen molar-refractivity contribution in [3.8, 4) is 28.8 Å². The van der Waals surface area contributed by atoms with Crippen LogP contribution in [0.4, 0.5) is 16.3 Å². The highest BCUT2D eigenvalue weighted by molar-refractivity contribution is 6.24. The lowest BCUT2D eigenvalue weighted by atomic mass is 9.89. The molecule has 2 aliphatic heterocycles. The Kier molecular flexibility index (Phi) is 14.4. The van der Waals surface area contributed by atoms with E-state index in [1.807, 2.05) is 77.7 Å². The van der Waals surface area contributed by atoms with E-state index < -0.39 is 42.2 Å². The zero-order valence-electron chi connectivity index (χ0n) is 36.6. The third-order valence-electron chi connectivity index (χ3n) is 12.0. The lowest BCUT2D eigenvalue weighted by molar-refractivity contribution is -0.136. The molecule has 342 valence electrons. The van der Waals surface area contributed by atoms with Crippen LogP contribution in [0.3, 0.4) is 0 Å². The van der Waals surface area contributed by atoms with Gasteiger partial charge in [0, 0.05) is 55.7 Å². The van der Waals surface area contributed by atoms with E-state index in [2.05, 4.69) is 37.3 Å². The van der Waals surface area contributed by atoms with Crippen molar-refractivity contribution in [3.63, 3.8) is 0 Å². The van der Waals surface area contributed by atoms with E-state index in [1.165, 1.54) is 18.2 Å². The summed E-state index contributed by atoms with van der Waals surface area (Å²) in [5.41, 5.74) is 4.17. The molecule has 0 radical (unpaired) electrons. The molecule has 8 rings (SSSR count). The van der Waals surface area contributed by atoms with Gasteiger partial charge in [-0.05, 0) is 104 Å². The molecule has 1 unspecified atom stereocenters. The van der Waals surface area contributed by atoms with E-state index in [9.17, 15) is 28.8 Å². The van der Waals surface area contributed by atoms with Gasteiger partial charge >= 0.3 is 6.03 Å². The number of nitriles is 1. The molecule has 2 aromatic heterocycles. The predicted octanol–water partition coefficient (Wildman–Crippen LogP) is 5.91. The summed E-state index contributed by atoms with van der Waals surface area (Å²) in [6.45, 7) is 0.700. The van der Waals surface area contributed by atoms with Gasteiger partial charge in [-0.3, -0.25) is 39.1 Å². The van der Waals surface area contributed by atoms with Crippen molar-refractivity contribution in [1.82, 2.24) is 30.8 Å². The average molecular weight is 904 g/mol. The summed E-state index contributed by atoms with van der Waals surface area (Å²) in [6.07, 6.45) is 7.77. The Hall–Kier alpha value is -8.13. The Morgan fingerprint density at radius 3 is 2.37 bits per heavy atom. The molecule has 3 aliphatic rings. The predicted molar refractivity (Wildman–Crippen MR) is 246 cm³/mol. The number of unbranched alkanes of at least 4 members (excludes halogenated alkanes) is 1. The Morgan fingerprint density at radius 2 is 1.63 bits per heavy atom. The first-order chi connectivity index (χ1) is 32.6. The summed E-state index contributed by atoms with van der Waals surface area (Å²) in [4.78, 5) is 88.5. The number of carbonyl (C=O) groups is 6. The number of urea groups is 1. The maximum absolute atomic E-state index is 13.9. The molecule has 1 atom stereocenters. The third kappa shape index (κ3) is 11.0. The molecule has 17 heteroatoms. The molecule has 1 aliphatic carbocycles. The maximum atomic E-state index is 13.9. The van der Waals surface area contributed by atoms with Gasteiger partial charge in [0.2, 0.25) is 17.7 Å². The molecule has 2 fully saturated rings. The summed E-state index contributed by atoms with van der Waals surface area (Å²) in [6, 6.07) is 30.5. The van der Waals surface area contributed by atoms with E-state index in [0.717, 1.165) is 58.8 Å². The third-order valence-corrected chi connectivity index (χ3v) is 12.0.